The fourth-order valence-corrected chi connectivity index (χ4v) is 2.62. The summed E-state index contributed by atoms with van der Waals surface area (Å²) < 4.78 is 1.86. The molecule has 2 aromatic rings. The highest BCUT2D eigenvalue weighted by molar-refractivity contribution is 9.09. The van der Waals surface area contributed by atoms with Crippen molar-refractivity contribution >= 4 is 15.9 Å². The van der Waals surface area contributed by atoms with Gasteiger partial charge in [0, 0.05) is 38.2 Å². The first kappa shape index (κ1) is 14.3. The van der Waals surface area contributed by atoms with E-state index >= 15 is 0 Å². The van der Waals surface area contributed by atoms with E-state index in [1.807, 2.05) is 17.9 Å². The molecule has 0 bridgehead atoms. The van der Waals surface area contributed by atoms with Crippen LogP contribution in [0.1, 0.15) is 11.1 Å². The van der Waals surface area contributed by atoms with Gasteiger partial charge in [-0.15, -0.1) is 0 Å². The molecule has 19 heavy (non-hydrogen) atoms. The Labute approximate surface area is 123 Å². The molecule has 2 rings (SSSR count). The van der Waals surface area contributed by atoms with Gasteiger partial charge >= 0.3 is 0 Å². The highest BCUT2D eigenvalue weighted by atomic mass is 79.9. The number of hydrogen-bond donors (Lipinski definition) is 0. The summed E-state index contributed by atoms with van der Waals surface area (Å²) in [5.74, 6) is 0. The van der Waals surface area contributed by atoms with E-state index in [1.54, 1.807) is 0 Å². The van der Waals surface area contributed by atoms with Gasteiger partial charge in [-0.3, -0.25) is 9.58 Å². The monoisotopic (exact) mass is 321 g/mol. The van der Waals surface area contributed by atoms with E-state index in [1.165, 1.54) is 11.1 Å². The second-order valence-electron chi connectivity index (χ2n) is 4.72. The van der Waals surface area contributed by atoms with Crippen LogP contribution in [-0.2, 0) is 20.0 Å². The van der Waals surface area contributed by atoms with Crippen LogP contribution in [0, 0.1) is 0 Å². The smallest absolute Gasteiger partial charge is 0.0522 e. The number of nitrogens with zero attached hydrogens (tertiary/aromatic N) is 3. The Morgan fingerprint density at radius 3 is 2.58 bits per heavy atom. The maximum absolute atomic E-state index is 4.21. The van der Waals surface area contributed by atoms with Crippen LogP contribution in [0.3, 0.4) is 0 Å². The minimum atomic E-state index is 1.01. The zero-order chi connectivity index (χ0) is 13.5. The van der Waals surface area contributed by atoms with Crippen LogP contribution in [0.5, 0.6) is 0 Å². The quantitative estimate of drug-likeness (QED) is 0.731. The van der Waals surface area contributed by atoms with Crippen LogP contribution in [0.15, 0.2) is 42.7 Å². The molecule has 0 aliphatic carbocycles. The van der Waals surface area contributed by atoms with Crippen molar-refractivity contribution in [2.24, 2.45) is 7.05 Å². The lowest BCUT2D eigenvalue weighted by Gasteiger charge is -2.21. The molecule has 0 atom stereocenters. The summed E-state index contributed by atoms with van der Waals surface area (Å²) in [6, 6.07) is 10.6. The van der Waals surface area contributed by atoms with Gasteiger partial charge in [-0.1, -0.05) is 46.3 Å². The second-order valence-corrected chi connectivity index (χ2v) is 5.52. The molecule has 0 fully saturated rings. The molecule has 0 saturated heterocycles. The number of rotatable bonds is 7. The third-order valence-corrected chi connectivity index (χ3v) is 3.48. The zero-order valence-corrected chi connectivity index (χ0v) is 12.9. The maximum atomic E-state index is 4.21. The summed E-state index contributed by atoms with van der Waals surface area (Å²) in [7, 11) is 1.96. The number of hydrogen-bond acceptors (Lipinski definition) is 2. The van der Waals surface area contributed by atoms with E-state index in [-0.39, 0.29) is 0 Å². The van der Waals surface area contributed by atoms with Crippen molar-refractivity contribution in [2.45, 2.75) is 13.0 Å². The molecule has 1 aromatic carbocycles. The average molecular weight is 322 g/mol. The predicted octanol–water partition coefficient (Wildman–Crippen LogP) is 2.86. The first-order chi connectivity index (χ1) is 9.28. The number of alkyl halides is 1. The minimum Gasteiger partial charge on any atom is -0.298 e. The number of benzene rings is 1. The SMILES string of the molecule is Cn1cc(CCN(CCBr)Cc2ccccc2)cn1. The van der Waals surface area contributed by atoms with E-state index in [0.29, 0.717) is 0 Å². The lowest BCUT2D eigenvalue weighted by atomic mass is 10.2. The van der Waals surface area contributed by atoms with Crippen LogP contribution in [-0.4, -0.2) is 33.1 Å². The topological polar surface area (TPSA) is 21.1 Å². The van der Waals surface area contributed by atoms with Crippen molar-refractivity contribution in [1.29, 1.82) is 0 Å². The van der Waals surface area contributed by atoms with Gasteiger partial charge in [0.15, 0.2) is 0 Å². The lowest BCUT2D eigenvalue weighted by Crippen LogP contribution is -2.27. The molecule has 0 unspecified atom stereocenters. The number of aryl methyl sites for hydroxylation is 1. The van der Waals surface area contributed by atoms with Crippen LogP contribution < -0.4 is 0 Å². The van der Waals surface area contributed by atoms with E-state index in [2.05, 4.69) is 62.5 Å². The first-order valence-corrected chi connectivity index (χ1v) is 7.70. The molecule has 0 aliphatic heterocycles. The van der Waals surface area contributed by atoms with Crippen molar-refractivity contribution in [3.8, 4) is 0 Å². The second kappa shape index (κ2) is 7.46. The Morgan fingerprint density at radius 1 is 1.16 bits per heavy atom. The maximum Gasteiger partial charge on any atom is 0.0522 e. The van der Waals surface area contributed by atoms with Crippen LogP contribution in [0.25, 0.3) is 0 Å². The lowest BCUT2D eigenvalue weighted by molar-refractivity contribution is 0.287. The van der Waals surface area contributed by atoms with Crippen molar-refractivity contribution in [2.75, 3.05) is 18.4 Å². The predicted molar refractivity (Wildman–Crippen MR) is 82.4 cm³/mol. The molecule has 0 saturated carbocycles. The summed E-state index contributed by atoms with van der Waals surface area (Å²) in [4.78, 5) is 2.47. The Kier molecular flexibility index (Phi) is 5.61. The molecule has 0 N–H and O–H groups in total. The zero-order valence-electron chi connectivity index (χ0n) is 11.3. The Balaban J connectivity index is 1.89. The fraction of sp³-hybridized carbons (Fsp3) is 0.400. The van der Waals surface area contributed by atoms with Crippen molar-refractivity contribution < 1.29 is 0 Å². The Bertz CT molecular complexity index is 481. The molecule has 0 radical (unpaired) electrons. The van der Waals surface area contributed by atoms with Gasteiger partial charge in [0.05, 0.1) is 6.20 Å². The molecule has 1 aromatic heterocycles. The summed E-state index contributed by atoms with van der Waals surface area (Å²) >= 11 is 3.54. The summed E-state index contributed by atoms with van der Waals surface area (Å²) in [5.41, 5.74) is 2.67. The van der Waals surface area contributed by atoms with Gasteiger partial charge in [0.2, 0.25) is 0 Å². The van der Waals surface area contributed by atoms with Crippen molar-refractivity contribution in [1.82, 2.24) is 14.7 Å². The minimum absolute atomic E-state index is 1.01. The normalized spacial score (nSPS) is 11.1. The Hall–Kier alpha value is -1.13. The van der Waals surface area contributed by atoms with E-state index in [0.717, 1.165) is 31.4 Å². The van der Waals surface area contributed by atoms with Gasteiger partial charge in [0.1, 0.15) is 0 Å². The highest BCUT2D eigenvalue weighted by Gasteiger charge is 2.06. The molecule has 1 heterocycles. The average Bonchev–Trinajstić information content (AvgIpc) is 2.83. The first-order valence-electron chi connectivity index (χ1n) is 6.57. The van der Waals surface area contributed by atoms with Gasteiger partial charge in [-0.2, -0.15) is 5.10 Å². The largest absolute Gasteiger partial charge is 0.298 e. The number of halogens is 1. The van der Waals surface area contributed by atoms with Gasteiger partial charge in [-0.05, 0) is 17.5 Å². The van der Waals surface area contributed by atoms with Crippen molar-refractivity contribution in [3.05, 3.63) is 53.9 Å². The standard InChI is InChI=1S/C15H20BrN3/c1-18-12-15(11-17-18)7-9-19(10-8-16)13-14-5-3-2-4-6-14/h2-6,11-12H,7-10,13H2,1H3. The molecule has 102 valence electrons. The molecular weight excluding hydrogens is 302 g/mol. The molecule has 4 heteroatoms. The van der Waals surface area contributed by atoms with Crippen LogP contribution in [0.4, 0.5) is 0 Å². The summed E-state index contributed by atoms with van der Waals surface area (Å²) in [5, 5.41) is 5.22. The molecule has 3 nitrogen and oxygen atoms in total. The van der Waals surface area contributed by atoms with Gasteiger partial charge in [-0.25, -0.2) is 0 Å². The highest BCUT2D eigenvalue weighted by Crippen LogP contribution is 2.07. The Morgan fingerprint density at radius 2 is 1.95 bits per heavy atom. The van der Waals surface area contributed by atoms with E-state index in [9.17, 15) is 0 Å². The summed E-state index contributed by atoms with van der Waals surface area (Å²) in [6.45, 7) is 3.13. The fourth-order valence-electron chi connectivity index (χ4n) is 2.12. The van der Waals surface area contributed by atoms with Crippen LogP contribution >= 0.6 is 15.9 Å². The van der Waals surface area contributed by atoms with Gasteiger partial charge in [0.25, 0.3) is 0 Å². The van der Waals surface area contributed by atoms with Crippen LogP contribution in [0.2, 0.25) is 0 Å². The summed E-state index contributed by atoms with van der Waals surface area (Å²) in [6.07, 6.45) is 5.09. The van der Waals surface area contributed by atoms with Crippen molar-refractivity contribution in [3.63, 3.8) is 0 Å². The van der Waals surface area contributed by atoms with Gasteiger partial charge < -0.3 is 0 Å². The van der Waals surface area contributed by atoms with E-state index < -0.39 is 0 Å². The molecule has 0 amide bonds. The third-order valence-electron chi connectivity index (χ3n) is 3.12. The third kappa shape index (κ3) is 4.80. The number of aromatic nitrogens is 2. The molecular formula is C15H20BrN3. The van der Waals surface area contributed by atoms with E-state index in [4.69, 9.17) is 0 Å². The molecule has 0 spiro atoms. The molecule has 0 aliphatic rings.